The largest absolute Gasteiger partial charge is 0.396 e. The van der Waals surface area contributed by atoms with Crippen molar-refractivity contribution in [3.8, 4) is 11.1 Å². The highest BCUT2D eigenvalue weighted by Gasteiger charge is 2.19. The number of nitrogens with zero attached hydrogens (tertiary/aromatic N) is 1. The Bertz CT molecular complexity index is 582. The van der Waals surface area contributed by atoms with Crippen LogP contribution in [-0.2, 0) is 6.42 Å². The molecule has 0 aromatic heterocycles. The maximum absolute atomic E-state index is 8.97. The summed E-state index contributed by atoms with van der Waals surface area (Å²) in [5, 5.41) is 8.97. The van der Waals surface area contributed by atoms with E-state index < -0.39 is 0 Å². The van der Waals surface area contributed by atoms with Crippen molar-refractivity contribution in [3.63, 3.8) is 0 Å². The van der Waals surface area contributed by atoms with Gasteiger partial charge in [0.15, 0.2) is 0 Å². The van der Waals surface area contributed by atoms with E-state index in [9.17, 15) is 0 Å². The van der Waals surface area contributed by atoms with Crippen LogP contribution in [0.25, 0.3) is 11.1 Å². The van der Waals surface area contributed by atoms with Gasteiger partial charge in [-0.25, -0.2) is 0 Å². The van der Waals surface area contributed by atoms with Gasteiger partial charge in [-0.05, 0) is 61.5 Å². The standard InChI is InChI=1S/C20H25NO/c1-16(21-13-2-3-14-21)18-8-10-20(11-9-18)19-6-4-17(5-7-19)12-15-22/h4-11,16,22H,2-3,12-15H2,1H3/t16-/m0/s1. The van der Waals surface area contributed by atoms with E-state index in [2.05, 4.69) is 60.4 Å². The fourth-order valence-corrected chi connectivity index (χ4v) is 3.29. The summed E-state index contributed by atoms with van der Waals surface area (Å²) in [7, 11) is 0. The first-order chi connectivity index (χ1) is 10.8. The second-order valence-corrected chi connectivity index (χ2v) is 6.21. The zero-order chi connectivity index (χ0) is 15.4. The van der Waals surface area contributed by atoms with Gasteiger partial charge in [0, 0.05) is 12.6 Å². The third-order valence-electron chi connectivity index (χ3n) is 4.77. The van der Waals surface area contributed by atoms with E-state index in [0.29, 0.717) is 6.04 Å². The van der Waals surface area contributed by atoms with Crippen molar-refractivity contribution in [2.75, 3.05) is 19.7 Å². The van der Waals surface area contributed by atoms with E-state index in [1.165, 1.54) is 48.2 Å². The Balaban J connectivity index is 1.73. The van der Waals surface area contributed by atoms with Gasteiger partial charge in [0.1, 0.15) is 0 Å². The lowest BCUT2D eigenvalue weighted by Crippen LogP contribution is -2.23. The van der Waals surface area contributed by atoms with Crippen molar-refractivity contribution in [3.05, 3.63) is 59.7 Å². The summed E-state index contributed by atoms with van der Waals surface area (Å²) in [6.07, 6.45) is 3.40. The van der Waals surface area contributed by atoms with E-state index in [4.69, 9.17) is 5.11 Å². The highest BCUT2D eigenvalue weighted by molar-refractivity contribution is 5.64. The summed E-state index contributed by atoms with van der Waals surface area (Å²) in [6.45, 7) is 4.98. The number of hydrogen-bond donors (Lipinski definition) is 1. The van der Waals surface area contributed by atoms with Gasteiger partial charge in [-0.2, -0.15) is 0 Å². The van der Waals surface area contributed by atoms with Crippen molar-refractivity contribution in [2.24, 2.45) is 0 Å². The Labute approximate surface area is 133 Å². The summed E-state index contributed by atoms with van der Waals surface area (Å²) in [5.74, 6) is 0. The van der Waals surface area contributed by atoms with Gasteiger partial charge in [-0.15, -0.1) is 0 Å². The van der Waals surface area contributed by atoms with E-state index in [1.807, 2.05) is 0 Å². The van der Waals surface area contributed by atoms with E-state index in [0.717, 1.165) is 6.42 Å². The minimum absolute atomic E-state index is 0.211. The number of benzene rings is 2. The van der Waals surface area contributed by atoms with Gasteiger partial charge in [0.05, 0.1) is 0 Å². The normalized spacial score (nSPS) is 16.8. The van der Waals surface area contributed by atoms with Crippen molar-refractivity contribution in [1.82, 2.24) is 4.90 Å². The average Bonchev–Trinajstić information content (AvgIpc) is 3.10. The molecule has 0 spiro atoms. The summed E-state index contributed by atoms with van der Waals surface area (Å²) in [4.78, 5) is 2.57. The zero-order valence-corrected chi connectivity index (χ0v) is 13.3. The molecule has 0 aliphatic carbocycles. The van der Waals surface area contributed by atoms with Gasteiger partial charge in [-0.1, -0.05) is 48.5 Å². The third kappa shape index (κ3) is 3.40. The fraction of sp³-hybridized carbons (Fsp3) is 0.400. The monoisotopic (exact) mass is 295 g/mol. The predicted octanol–water partition coefficient (Wildman–Crippen LogP) is 4.05. The van der Waals surface area contributed by atoms with Crippen LogP contribution >= 0.6 is 0 Å². The number of aliphatic hydroxyl groups is 1. The van der Waals surface area contributed by atoms with Gasteiger partial charge in [-0.3, -0.25) is 4.90 Å². The molecule has 2 aromatic rings. The molecule has 1 aliphatic heterocycles. The average molecular weight is 295 g/mol. The molecule has 0 unspecified atom stereocenters. The minimum Gasteiger partial charge on any atom is -0.396 e. The molecule has 1 N–H and O–H groups in total. The Morgan fingerprint density at radius 2 is 1.45 bits per heavy atom. The maximum atomic E-state index is 8.97. The Kier molecular flexibility index (Phi) is 4.91. The van der Waals surface area contributed by atoms with E-state index >= 15 is 0 Å². The number of hydrogen-bond acceptors (Lipinski definition) is 2. The SMILES string of the molecule is C[C@@H](c1ccc(-c2ccc(CCO)cc2)cc1)N1CCCC1. The van der Waals surface area contributed by atoms with Gasteiger partial charge in [0.25, 0.3) is 0 Å². The lowest BCUT2D eigenvalue weighted by atomic mass is 9.99. The van der Waals surface area contributed by atoms with Gasteiger partial charge >= 0.3 is 0 Å². The van der Waals surface area contributed by atoms with Crippen molar-refractivity contribution in [1.29, 1.82) is 0 Å². The van der Waals surface area contributed by atoms with Gasteiger partial charge < -0.3 is 5.11 Å². The van der Waals surface area contributed by atoms with Crippen LogP contribution in [-0.4, -0.2) is 29.7 Å². The minimum atomic E-state index is 0.211. The summed E-state index contributed by atoms with van der Waals surface area (Å²) >= 11 is 0. The Hall–Kier alpha value is -1.64. The molecule has 1 saturated heterocycles. The third-order valence-corrected chi connectivity index (χ3v) is 4.77. The smallest absolute Gasteiger partial charge is 0.0471 e. The van der Waals surface area contributed by atoms with E-state index in [1.54, 1.807) is 0 Å². The summed E-state index contributed by atoms with van der Waals surface area (Å²) in [6, 6.07) is 18.0. The molecule has 2 heteroatoms. The summed E-state index contributed by atoms with van der Waals surface area (Å²) < 4.78 is 0. The molecule has 3 rings (SSSR count). The second kappa shape index (κ2) is 7.08. The summed E-state index contributed by atoms with van der Waals surface area (Å²) in [5.41, 5.74) is 5.09. The molecule has 1 heterocycles. The molecule has 1 aliphatic rings. The Morgan fingerprint density at radius 3 is 2.00 bits per heavy atom. The van der Waals surface area contributed by atoms with Crippen LogP contribution in [0, 0.1) is 0 Å². The highest BCUT2D eigenvalue weighted by atomic mass is 16.2. The molecule has 0 bridgehead atoms. The van der Waals surface area contributed by atoms with Crippen LogP contribution in [0.5, 0.6) is 0 Å². The van der Waals surface area contributed by atoms with Crippen LogP contribution < -0.4 is 0 Å². The van der Waals surface area contributed by atoms with Crippen LogP contribution in [0.1, 0.15) is 36.9 Å². The topological polar surface area (TPSA) is 23.5 Å². The predicted molar refractivity (Wildman–Crippen MR) is 91.9 cm³/mol. The molecule has 0 amide bonds. The fourth-order valence-electron chi connectivity index (χ4n) is 3.29. The molecule has 0 radical (unpaired) electrons. The lowest BCUT2D eigenvalue weighted by Gasteiger charge is -2.24. The van der Waals surface area contributed by atoms with Crippen LogP contribution in [0.4, 0.5) is 0 Å². The molecule has 116 valence electrons. The molecule has 1 atom stereocenters. The molecule has 22 heavy (non-hydrogen) atoms. The molecular formula is C20H25NO. The molecule has 1 fully saturated rings. The molecule has 2 nitrogen and oxygen atoms in total. The Morgan fingerprint density at radius 1 is 0.909 bits per heavy atom. The van der Waals surface area contributed by atoms with Crippen LogP contribution in [0.3, 0.4) is 0 Å². The second-order valence-electron chi connectivity index (χ2n) is 6.21. The van der Waals surface area contributed by atoms with E-state index in [-0.39, 0.29) is 6.61 Å². The quantitative estimate of drug-likeness (QED) is 0.899. The first kappa shape index (κ1) is 15.3. The van der Waals surface area contributed by atoms with Crippen molar-refractivity contribution < 1.29 is 5.11 Å². The number of aliphatic hydroxyl groups excluding tert-OH is 1. The first-order valence-corrected chi connectivity index (χ1v) is 8.32. The molecule has 0 saturated carbocycles. The number of likely N-dealkylation sites (tertiary alicyclic amines) is 1. The number of rotatable bonds is 5. The van der Waals surface area contributed by atoms with Crippen molar-refractivity contribution >= 4 is 0 Å². The van der Waals surface area contributed by atoms with Crippen molar-refractivity contribution in [2.45, 2.75) is 32.2 Å². The van der Waals surface area contributed by atoms with Crippen LogP contribution in [0.2, 0.25) is 0 Å². The highest BCUT2D eigenvalue weighted by Crippen LogP contribution is 2.27. The van der Waals surface area contributed by atoms with Crippen LogP contribution in [0.15, 0.2) is 48.5 Å². The molecule has 2 aromatic carbocycles. The lowest BCUT2D eigenvalue weighted by molar-refractivity contribution is 0.263. The van der Waals surface area contributed by atoms with Gasteiger partial charge in [0.2, 0.25) is 0 Å². The maximum Gasteiger partial charge on any atom is 0.0471 e. The first-order valence-electron chi connectivity index (χ1n) is 8.32. The molecular weight excluding hydrogens is 270 g/mol. The zero-order valence-electron chi connectivity index (χ0n) is 13.3.